The van der Waals surface area contributed by atoms with E-state index in [1.807, 2.05) is 12.1 Å². The fourth-order valence-electron chi connectivity index (χ4n) is 2.51. The van der Waals surface area contributed by atoms with Gasteiger partial charge in [-0.3, -0.25) is 19.3 Å². The van der Waals surface area contributed by atoms with Gasteiger partial charge in [0.05, 0.1) is 11.1 Å². The summed E-state index contributed by atoms with van der Waals surface area (Å²) in [7, 11) is 1.44. The first-order valence-electron chi connectivity index (χ1n) is 7.52. The predicted molar refractivity (Wildman–Crippen MR) is 93.7 cm³/mol. The van der Waals surface area contributed by atoms with Crippen molar-refractivity contribution in [1.82, 2.24) is 4.90 Å². The first-order chi connectivity index (χ1) is 11.5. The van der Waals surface area contributed by atoms with E-state index in [1.165, 1.54) is 13.1 Å². The Morgan fingerprint density at radius 3 is 2.38 bits per heavy atom. The van der Waals surface area contributed by atoms with Crippen molar-refractivity contribution < 1.29 is 14.4 Å². The molecule has 0 saturated heterocycles. The Labute approximate surface area is 144 Å². The lowest BCUT2D eigenvalue weighted by Crippen LogP contribution is -2.24. The van der Waals surface area contributed by atoms with Crippen LogP contribution in [-0.4, -0.2) is 35.4 Å². The molecule has 0 atom stereocenters. The zero-order chi connectivity index (χ0) is 17.3. The molecule has 24 heavy (non-hydrogen) atoms. The molecule has 0 bridgehead atoms. The highest BCUT2D eigenvalue weighted by molar-refractivity contribution is 7.99. The molecule has 1 aliphatic rings. The molecule has 2 aromatic rings. The van der Waals surface area contributed by atoms with E-state index in [2.05, 4.69) is 12.2 Å². The van der Waals surface area contributed by atoms with E-state index in [0.29, 0.717) is 22.4 Å². The molecule has 0 aliphatic carbocycles. The van der Waals surface area contributed by atoms with Gasteiger partial charge in [0.2, 0.25) is 0 Å². The highest BCUT2D eigenvalue weighted by Gasteiger charge is 2.32. The van der Waals surface area contributed by atoms with Crippen LogP contribution in [0.3, 0.4) is 0 Å². The first-order valence-corrected chi connectivity index (χ1v) is 8.50. The molecule has 1 aliphatic heterocycles. The van der Waals surface area contributed by atoms with Gasteiger partial charge in [0.1, 0.15) is 0 Å². The number of thioether (sulfide) groups is 1. The monoisotopic (exact) mass is 340 g/mol. The number of fused-ring (bicyclic) bond motifs is 1. The van der Waals surface area contributed by atoms with E-state index >= 15 is 0 Å². The Bertz CT molecular complexity index is 831. The normalized spacial score (nSPS) is 13.2. The van der Waals surface area contributed by atoms with Gasteiger partial charge in [0.25, 0.3) is 17.7 Å². The van der Waals surface area contributed by atoms with Gasteiger partial charge in [-0.2, -0.15) is 0 Å². The number of amides is 3. The molecule has 0 fully saturated rings. The summed E-state index contributed by atoms with van der Waals surface area (Å²) >= 11 is 1.71. The van der Waals surface area contributed by atoms with Gasteiger partial charge < -0.3 is 5.32 Å². The summed E-state index contributed by atoms with van der Waals surface area (Å²) in [5.41, 5.74) is 1.70. The molecular weight excluding hydrogens is 324 g/mol. The van der Waals surface area contributed by atoms with Crippen molar-refractivity contribution in [3.05, 3.63) is 59.2 Å². The number of benzene rings is 2. The average molecular weight is 340 g/mol. The molecule has 5 nitrogen and oxygen atoms in total. The predicted octanol–water partition coefficient (Wildman–Crippen LogP) is 3.28. The van der Waals surface area contributed by atoms with Crippen LogP contribution in [-0.2, 0) is 0 Å². The van der Waals surface area contributed by atoms with Crippen LogP contribution in [0.4, 0.5) is 5.69 Å². The van der Waals surface area contributed by atoms with E-state index in [-0.39, 0.29) is 17.7 Å². The Balaban J connectivity index is 1.78. The van der Waals surface area contributed by atoms with Gasteiger partial charge in [-0.1, -0.05) is 6.92 Å². The van der Waals surface area contributed by atoms with E-state index in [1.54, 1.807) is 36.0 Å². The zero-order valence-electron chi connectivity index (χ0n) is 13.3. The third-order valence-corrected chi connectivity index (χ3v) is 4.67. The van der Waals surface area contributed by atoms with Crippen LogP contribution in [0, 0.1) is 0 Å². The molecule has 0 unspecified atom stereocenters. The number of nitrogens with one attached hydrogen (secondary N) is 1. The maximum Gasteiger partial charge on any atom is 0.261 e. The first kappa shape index (κ1) is 16.3. The van der Waals surface area contributed by atoms with Crippen LogP contribution in [0.15, 0.2) is 47.4 Å². The molecule has 3 rings (SSSR count). The van der Waals surface area contributed by atoms with Crippen molar-refractivity contribution >= 4 is 35.2 Å². The molecule has 2 aromatic carbocycles. The average Bonchev–Trinajstić information content (AvgIpc) is 2.80. The summed E-state index contributed by atoms with van der Waals surface area (Å²) < 4.78 is 0. The molecule has 122 valence electrons. The molecule has 1 heterocycles. The van der Waals surface area contributed by atoms with Crippen molar-refractivity contribution in [1.29, 1.82) is 0 Å². The number of carbonyl (C=O) groups excluding carboxylic acids is 3. The van der Waals surface area contributed by atoms with Gasteiger partial charge >= 0.3 is 0 Å². The molecule has 6 heteroatoms. The second kappa shape index (κ2) is 6.49. The summed E-state index contributed by atoms with van der Waals surface area (Å²) in [5.74, 6) is 0.0408. The lowest BCUT2D eigenvalue weighted by atomic mass is 10.1. The fraction of sp³-hybridized carbons (Fsp3) is 0.167. The van der Waals surface area contributed by atoms with Crippen LogP contribution in [0.5, 0.6) is 0 Å². The second-order valence-electron chi connectivity index (χ2n) is 5.34. The number of hydrogen-bond donors (Lipinski definition) is 1. The Hall–Kier alpha value is -2.60. The molecular formula is C18H16N2O3S. The minimum absolute atomic E-state index is 0.256. The van der Waals surface area contributed by atoms with Crippen molar-refractivity contribution in [3.8, 4) is 0 Å². The number of anilines is 1. The highest BCUT2D eigenvalue weighted by Crippen LogP contribution is 2.25. The third-order valence-electron chi connectivity index (χ3n) is 3.78. The quantitative estimate of drug-likeness (QED) is 0.685. The van der Waals surface area contributed by atoms with Crippen molar-refractivity contribution in [2.45, 2.75) is 11.8 Å². The van der Waals surface area contributed by atoms with Crippen LogP contribution < -0.4 is 5.32 Å². The maximum atomic E-state index is 12.3. The molecule has 3 amide bonds. The maximum absolute atomic E-state index is 12.3. The van der Waals surface area contributed by atoms with Crippen LogP contribution in [0.2, 0.25) is 0 Å². The van der Waals surface area contributed by atoms with E-state index < -0.39 is 0 Å². The highest BCUT2D eigenvalue weighted by atomic mass is 32.2. The Morgan fingerprint density at radius 1 is 1.04 bits per heavy atom. The number of carbonyl (C=O) groups is 3. The van der Waals surface area contributed by atoms with Crippen LogP contribution >= 0.6 is 11.8 Å². The topological polar surface area (TPSA) is 66.5 Å². The number of nitrogens with zero attached hydrogens (tertiary/aromatic N) is 1. The number of hydrogen-bond acceptors (Lipinski definition) is 4. The van der Waals surface area contributed by atoms with Crippen molar-refractivity contribution in [2.24, 2.45) is 0 Å². The number of imide groups is 1. The largest absolute Gasteiger partial charge is 0.322 e. The summed E-state index contributed by atoms with van der Waals surface area (Å²) in [6, 6.07) is 12.1. The second-order valence-corrected chi connectivity index (χ2v) is 6.68. The third kappa shape index (κ3) is 2.92. The van der Waals surface area contributed by atoms with Crippen LogP contribution in [0.1, 0.15) is 38.0 Å². The smallest absolute Gasteiger partial charge is 0.261 e. The lowest BCUT2D eigenvalue weighted by molar-refractivity contribution is 0.0692. The Kier molecular flexibility index (Phi) is 4.40. The summed E-state index contributed by atoms with van der Waals surface area (Å²) in [4.78, 5) is 38.4. The minimum atomic E-state index is -0.355. The van der Waals surface area contributed by atoms with Crippen molar-refractivity contribution in [2.75, 3.05) is 18.1 Å². The van der Waals surface area contributed by atoms with Gasteiger partial charge in [0, 0.05) is 23.2 Å². The van der Waals surface area contributed by atoms with Gasteiger partial charge in [0.15, 0.2) is 0 Å². The Morgan fingerprint density at radius 2 is 1.71 bits per heavy atom. The van der Waals surface area contributed by atoms with Gasteiger partial charge in [-0.25, -0.2) is 0 Å². The van der Waals surface area contributed by atoms with Gasteiger partial charge in [-0.15, -0.1) is 11.8 Å². The van der Waals surface area contributed by atoms with E-state index in [0.717, 1.165) is 15.5 Å². The molecule has 0 saturated carbocycles. The summed E-state index contributed by atoms with van der Waals surface area (Å²) in [6.45, 7) is 2.07. The SMILES string of the molecule is CCSc1ccc(C(=O)Nc2ccc3c(c2)C(=O)N(C)C3=O)cc1. The standard InChI is InChI=1S/C18H16N2O3S/c1-3-24-13-7-4-11(5-8-13)16(21)19-12-6-9-14-15(10-12)18(23)20(2)17(14)22/h4-10H,3H2,1-2H3,(H,19,21). The zero-order valence-corrected chi connectivity index (χ0v) is 14.1. The fourth-order valence-corrected chi connectivity index (χ4v) is 3.17. The molecule has 0 aromatic heterocycles. The van der Waals surface area contributed by atoms with E-state index in [9.17, 15) is 14.4 Å². The van der Waals surface area contributed by atoms with Crippen molar-refractivity contribution in [3.63, 3.8) is 0 Å². The van der Waals surface area contributed by atoms with Crippen LogP contribution in [0.25, 0.3) is 0 Å². The molecule has 0 radical (unpaired) electrons. The lowest BCUT2D eigenvalue weighted by Gasteiger charge is -2.07. The number of rotatable bonds is 4. The minimum Gasteiger partial charge on any atom is -0.322 e. The molecule has 1 N–H and O–H groups in total. The van der Waals surface area contributed by atoms with E-state index in [4.69, 9.17) is 0 Å². The van der Waals surface area contributed by atoms with Gasteiger partial charge in [-0.05, 0) is 48.2 Å². The summed E-state index contributed by atoms with van der Waals surface area (Å²) in [6.07, 6.45) is 0. The summed E-state index contributed by atoms with van der Waals surface area (Å²) in [5, 5.41) is 2.76. The molecule has 0 spiro atoms.